The van der Waals surface area contributed by atoms with Gasteiger partial charge < -0.3 is 14.1 Å². The van der Waals surface area contributed by atoms with Gasteiger partial charge in [-0.15, -0.1) is 0 Å². The summed E-state index contributed by atoms with van der Waals surface area (Å²) in [6.45, 7) is 0. The maximum Gasteiger partial charge on any atom is 0.143 e. The molecular formula is C57H38N2O2. The van der Waals surface area contributed by atoms with Gasteiger partial charge >= 0.3 is 0 Å². The zero-order valence-electron chi connectivity index (χ0n) is 33.2. The molecule has 0 fully saturated rings. The molecular weight excluding hydrogens is 745 g/mol. The van der Waals surface area contributed by atoms with Crippen molar-refractivity contribution in [2.45, 2.75) is 0 Å². The lowest BCUT2D eigenvalue weighted by Gasteiger charge is -2.26. The molecule has 0 aliphatic carbocycles. The predicted octanol–water partition coefficient (Wildman–Crippen LogP) is 16.1. The second-order valence-electron chi connectivity index (χ2n) is 15.1. The minimum atomic E-state index is 0.779. The molecule has 4 heteroatoms. The number of furan rings is 1. The zero-order chi connectivity index (χ0) is 40.5. The molecule has 0 saturated carbocycles. The van der Waals surface area contributed by atoms with Crippen molar-refractivity contribution in [1.29, 1.82) is 0 Å². The van der Waals surface area contributed by atoms with Crippen LogP contribution in [0.5, 0.6) is 11.5 Å². The molecule has 11 aromatic rings. The molecule has 0 saturated heterocycles. The van der Waals surface area contributed by atoms with Gasteiger partial charge in [0.25, 0.3) is 0 Å². The van der Waals surface area contributed by atoms with Crippen molar-refractivity contribution in [3.05, 3.63) is 231 Å². The Morgan fingerprint density at radius 1 is 0.361 bits per heavy atom. The van der Waals surface area contributed by atoms with Crippen LogP contribution in [0.2, 0.25) is 0 Å². The van der Waals surface area contributed by atoms with E-state index in [0.717, 1.165) is 95.0 Å². The summed E-state index contributed by atoms with van der Waals surface area (Å²) in [6.07, 6.45) is 3.66. The number of anilines is 3. The van der Waals surface area contributed by atoms with Crippen molar-refractivity contribution in [3.8, 4) is 56.2 Å². The van der Waals surface area contributed by atoms with Crippen LogP contribution in [0, 0.1) is 0 Å². The third kappa shape index (κ3) is 6.76. The third-order valence-corrected chi connectivity index (χ3v) is 11.4. The first-order valence-electron chi connectivity index (χ1n) is 20.5. The van der Waals surface area contributed by atoms with Gasteiger partial charge in [-0.05, 0) is 129 Å². The van der Waals surface area contributed by atoms with E-state index in [9.17, 15) is 0 Å². The highest BCUT2D eigenvalue weighted by Gasteiger charge is 2.23. The average Bonchev–Trinajstić information content (AvgIpc) is 3.75. The molecule has 0 amide bonds. The van der Waals surface area contributed by atoms with Gasteiger partial charge in [-0.25, -0.2) is 0 Å². The average molecular weight is 783 g/mol. The van der Waals surface area contributed by atoms with Gasteiger partial charge in [-0.3, -0.25) is 4.98 Å². The van der Waals surface area contributed by atoms with Gasteiger partial charge in [0.15, 0.2) is 0 Å². The Balaban J connectivity index is 1.00. The molecule has 9 aromatic carbocycles. The zero-order valence-corrected chi connectivity index (χ0v) is 33.2. The molecule has 4 nitrogen and oxygen atoms in total. The lowest BCUT2D eigenvalue weighted by atomic mass is 9.91. The highest BCUT2D eigenvalue weighted by Crippen LogP contribution is 2.48. The molecule has 0 N–H and O–H groups in total. The van der Waals surface area contributed by atoms with Crippen LogP contribution in [-0.2, 0) is 0 Å². The summed E-state index contributed by atoms with van der Waals surface area (Å²) >= 11 is 0. The Hall–Kier alpha value is -8.21. The summed E-state index contributed by atoms with van der Waals surface area (Å²) in [6, 6.07) is 76.3. The van der Waals surface area contributed by atoms with Crippen molar-refractivity contribution in [2.24, 2.45) is 0 Å². The van der Waals surface area contributed by atoms with Gasteiger partial charge in [0.2, 0.25) is 0 Å². The molecule has 11 rings (SSSR count). The molecule has 0 unspecified atom stereocenters. The molecule has 2 aromatic heterocycles. The largest absolute Gasteiger partial charge is 0.457 e. The topological polar surface area (TPSA) is 38.5 Å². The Labute approximate surface area is 354 Å². The number of hydrogen-bond donors (Lipinski definition) is 0. The lowest BCUT2D eigenvalue weighted by Crippen LogP contribution is -2.09. The summed E-state index contributed by atoms with van der Waals surface area (Å²) in [7, 11) is 0. The van der Waals surface area contributed by atoms with Gasteiger partial charge in [-0.2, -0.15) is 0 Å². The van der Waals surface area contributed by atoms with Crippen molar-refractivity contribution in [1.82, 2.24) is 4.98 Å². The minimum absolute atomic E-state index is 0.779. The van der Waals surface area contributed by atoms with E-state index in [2.05, 4.69) is 168 Å². The first-order valence-corrected chi connectivity index (χ1v) is 20.5. The maximum atomic E-state index is 6.99. The van der Waals surface area contributed by atoms with E-state index < -0.39 is 0 Å². The number of nitrogens with zero attached hydrogens (tertiary/aromatic N) is 2. The molecule has 288 valence electrons. The SMILES string of the molecule is c1ccc(Oc2ccc(N(c3ccc(-c4ccncc4)cc3)c3ccc(-c4ccc5c(c4)c4ccccc4c4c(-c6ccccc6)c(-c6ccccc6)oc54)cc3)cc2)cc1. The van der Waals surface area contributed by atoms with Crippen LogP contribution in [0.4, 0.5) is 17.1 Å². The fourth-order valence-electron chi connectivity index (χ4n) is 8.52. The van der Waals surface area contributed by atoms with E-state index in [1.54, 1.807) is 0 Å². The summed E-state index contributed by atoms with van der Waals surface area (Å²) in [5, 5.41) is 5.76. The second kappa shape index (κ2) is 15.5. The molecule has 0 radical (unpaired) electrons. The van der Waals surface area contributed by atoms with Crippen LogP contribution in [0.1, 0.15) is 0 Å². The van der Waals surface area contributed by atoms with E-state index in [-0.39, 0.29) is 0 Å². The highest BCUT2D eigenvalue weighted by atomic mass is 16.5. The normalized spacial score (nSPS) is 11.3. The smallest absolute Gasteiger partial charge is 0.143 e. The van der Waals surface area contributed by atoms with Crippen LogP contribution < -0.4 is 9.64 Å². The van der Waals surface area contributed by atoms with E-state index in [1.165, 1.54) is 10.8 Å². The minimum Gasteiger partial charge on any atom is -0.457 e. The molecule has 61 heavy (non-hydrogen) atoms. The molecule has 0 atom stereocenters. The Kier molecular flexibility index (Phi) is 9.14. The quantitative estimate of drug-likeness (QED) is 0.137. The predicted molar refractivity (Wildman–Crippen MR) is 252 cm³/mol. The Morgan fingerprint density at radius 3 is 1.49 bits per heavy atom. The van der Waals surface area contributed by atoms with Gasteiger partial charge in [0.05, 0.1) is 0 Å². The number of aromatic nitrogens is 1. The van der Waals surface area contributed by atoms with Gasteiger partial charge in [0, 0.05) is 51.4 Å². The van der Waals surface area contributed by atoms with Gasteiger partial charge in [0.1, 0.15) is 22.8 Å². The van der Waals surface area contributed by atoms with Crippen molar-refractivity contribution in [3.63, 3.8) is 0 Å². The number of benzene rings is 9. The third-order valence-electron chi connectivity index (χ3n) is 11.4. The van der Waals surface area contributed by atoms with Crippen LogP contribution >= 0.6 is 0 Å². The number of para-hydroxylation sites is 1. The van der Waals surface area contributed by atoms with E-state index in [1.807, 2.05) is 73.1 Å². The molecule has 0 bridgehead atoms. The number of ether oxygens (including phenoxy) is 1. The summed E-state index contributed by atoms with van der Waals surface area (Å²) in [5.74, 6) is 2.47. The number of fused-ring (bicyclic) bond motifs is 6. The monoisotopic (exact) mass is 782 g/mol. The number of pyridine rings is 1. The van der Waals surface area contributed by atoms with Crippen LogP contribution in [0.3, 0.4) is 0 Å². The Morgan fingerprint density at radius 2 is 0.852 bits per heavy atom. The molecule has 0 spiro atoms. The second-order valence-corrected chi connectivity index (χ2v) is 15.1. The number of rotatable bonds is 9. The first kappa shape index (κ1) is 35.9. The van der Waals surface area contributed by atoms with Crippen LogP contribution in [0.15, 0.2) is 235 Å². The fourth-order valence-corrected chi connectivity index (χ4v) is 8.52. The van der Waals surface area contributed by atoms with Crippen molar-refractivity contribution >= 4 is 49.6 Å². The van der Waals surface area contributed by atoms with Crippen molar-refractivity contribution < 1.29 is 9.15 Å². The highest BCUT2D eigenvalue weighted by molar-refractivity contribution is 6.28. The van der Waals surface area contributed by atoms with Crippen molar-refractivity contribution in [2.75, 3.05) is 4.90 Å². The van der Waals surface area contributed by atoms with E-state index in [0.29, 0.717) is 0 Å². The van der Waals surface area contributed by atoms with Gasteiger partial charge in [-0.1, -0.05) is 133 Å². The molecule has 0 aliphatic heterocycles. The molecule has 0 aliphatic rings. The standard InChI is InChI=1S/C57H38N2O2/c1-4-12-42(13-5-1)54-55-51-19-11-10-18-50(51)53-38-44(24-33-52(53)57(55)61-56(54)43-14-6-2-7-15-43)40-22-27-46(28-23-40)59(45-25-20-39(21-26-45)41-34-36-58-37-35-41)47-29-31-49(32-30-47)60-48-16-8-3-9-17-48/h1-38H. The molecule has 2 heterocycles. The number of hydrogen-bond acceptors (Lipinski definition) is 4. The van der Waals surface area contributed by atoms with E-state index >= 15 is 0 Å². The van der Waals surface area contributed by atoms with E-state index in [4.69, 9.17) is 9.15 Å². The van der Waals surface area contributed by atoms with Crippen LogP contribution in [0.25, 0.3) is 77.2 Å². The first-order chi connectivity index (χ1) is 30.2. The summed E-state index contributed by atoms with van der Waals surface area (Å²) in [4.78, 5) is 6.48. The summed E-state index contributed by atoms with van der Waals surface area (Å²) in [5.41, 5.74) is 11.9. The summed E-state index contributed by atoms with van der Waals surface area (Å²) < 4.78 is 13.1. The lowest BCUT2D eigenvalue weighted by molar-refractivity contribution is 0.483. The van der Waals surface area contributed by atoms with Crippen LogP contribution in [-0.4, -0.2) is 4.98 Å². The Bertz CT molecular complexity index is 3270. The maximum absolute atomic E-state index is 6.99. The fraction of sp³-hybridized carbons (Fsp3) is 0.